The SMILES string of the molecule is COc1ccc(C[C@H](NC(C)=O)C(=O)NC2CCN(S(=O)(=O)c3ccc(NC(C)=O)cc3)CC2)c(OC)c1. The number of rotatable bonds is 10. The van der Waals surface area contributed by atoms with Gasteiger partial charge < -0.3 is 25.4 Å². The van der Waals surface area contributed by atoms with Crippen molar-refractivity contribution in [3.8, 4) is 11.5 Å². The zero-order valence-corrected chi connectivity index (χ0v) is 22.8. The number of benzene rings is 2. The number of hydrogen-bond acceptors (Lipinski definition) is 7. The molecule has 206 valence electrons. The van der Waals surface area contributed by atoms with E-state index in [1.807, 2.05) is 0 Å². The van der Waals surface area contributed by atoms with Crippen LogP contribution in [0.15, 0.2) is 47.4 Å². The quantitative estimate of drug-likeness (QED) is 0.411. The molecule has 0 aliphatic carbocycles. The molecule has 0 spiro atoms. The molecule has 3 N–H and O–H groups in total. The van der Waals surface area contributed by atoms with Crippen LogP contribution in [0.3, 0.4) is 0 Å². The molecule has 0 unspecified atom stereocenters. The highest BCUT2D eigenvalue weighted by Crippen LogP contribution is 2.26. The number of amides is 3. The van der Waals surface area contributed by atoms with Crippen molar-refractivity contribution in [2.45, 2.75) is 50.1 Å². The van der Waals surface area contributed by atoms with Crippen LogP contribution >= 0.6 is 0 Å². The molecule has 0 bridgehead atoms. The standard InChI is InChI=1S/C26H34N4O7S/c1-17(31)27-20-6-9-23(10-7-20)38(34,35)30-13-11-21(12-14-30)29-26(33)24(28-18(2)32)15-19-5-8-22(36-3)16-25(19)37-4/h5-10,16,21,24H,11-15H2,1-4H3,(H,27,31)(H,28,32)(H,29,33)/t24-/m0/s1. The van der Waals surface area contributed by atoms with Gasteiger partial charge in [-0.2, -0.15) is 4.31 Å². The summed E-state index contributed by atoms with van der Waals surface area (Å²) in [6.45, 7) is 3.19. The van der Waals surface area contributed by atoms with Crippen LogP contribution < -0.4 is 25.4 Å². The molecule has 11 nitrogen and oxygen atoms in total. The van der Waals surface area contributed by atoms with E-state index in [9.17, 15) is 22.8 Å². The van der Waals surface area contributed by atoms with Crippen LogP contribution in [0, 0.1) is 0 Å². The molecule has 1 aliphatic heterocycles. The van der Waals surface area contributed by atoms with Crippen molar-refractivity contribution in [2.24, 2.45) is 0 Å². The van der Waals surface area contributed by atoms with Crippen molar-refractivity contribution in [3.05, 3.63) is 48.0 Å². The van der Waals surface area contributed by atoms with Gasteiger partial charge in [0.05, 0.1) is 19.1 Å². The zero-order valence-electron chi connectivity index (χ0n) is 21.9. The van der Waals surface area contributed by atoms with Crippen LogP contribution in [0.1, 0.15) is 32.3 Å². The number of ether oxygens (including phenoxy) is 2. The molecule has 2 aromatic carbocycles. The molecule has 38 heavy (non-hydrogen) atoms. The van der Waals surface area contributed by atoms with Crippen LogP contribution in [-0.4, -0.2) is 69.8 Å². The average molecular weight is 547 g/mol. The largest absolute Gasteiger partial charge is 0.497 e. The van der Waals surface area contributed by atoms with Crippen molar-refractivity contribution < 1.29 is 32.3 Å². The summed E-state index contributed by atoms with van der Waals surface area (Å²) in [5.41, 5.74) is 1.24. The molecule has 1 aliphatic rings. The number of methoxy groups -OCH3 is 2. The van der Waals surface area contributed by atoms with E-state index >= 15 is 0 Å². The van der Waals surface area contributed by atoms with Gasteiger partial charge in [-0.05, 0) is 48.7 Å². The minimum Gasteiger partial charge on any atom is -0.497 e. The zero-order chi connectivity index (χ0) is 27.9. The van der Waals surface area contributed by atoms with E-state index in [1.54, 1.807) is 37.4 Å². The van der Waals surface area contributed by atoms with Gasteiger partial charge in [-0.15, -0.1) is 0 Å². The van der Waals surface area contributed by atoms with Gasteiger partial charge in [-0.3, -0.25) is 14.4 Å². The van der Waals surface area contributed by atoms with Gasteiger partial charge in [-0.1, -0.05) is 6.07 Å². The van der Waals surface area contributed by atoms with Crippen LogP contribution in [0.25, 0.3) is 0 Å². The fourth-order valence-electron chi connectivity index (χ4n) is 4.30. The van der Waals surface area contributed by atoms with Gasteiger partial charge in [0.15, 0.2) is 0 Å². The third-order valence-electron chi connectivity index (χ3n) is 6.23. The smallest absolute Gasteiger partial charge is 0.243 e. The fourth-order valence-corrected chi connectivity index (χ4v) is 5.77. The molecule has 0 radical (unpaired) electrons. The Kier molecular flexibility index (Phi) is 9.70. The first-order valence-corrected chi connectivity index (χ1v) is 13.6. The van der Waals surface area contributed by atoms with Crippen molar-refractivity contribution in [2.75, 3.05) is 32.6 Å². The maximum atomic E-state index is 13.1. The van der Waals surface area contributed by atoms with E-state index < -0.39 is 16.1 Å². The van der Waals surface area contributed by atoms with Crippen LogP contribution in [0.5, 0.6) is 11.5 Å². The summed E-state index contributed by atoms with van der Waals surface area (Å²) in [5, 5.41) is 8.27. The molecule has 2 aromatic rings. The van der Waals surface area contributed by atoms with E-state index in [2.05, 4.69) is 16.0 Å². The monoisotopic (exact) mass is 546 g/mol. The molecule has 3 rings (SSSR count). The third kappa shape index (κ3) is 7.45. The Morgan fingerprint density at radius 3 is 2.18 bits per heavy atom. The molecule has 1 atom stereocenters. The second kappa shape index (κ2) is 12.7. The Hall–Kier alpha value is -3.64. The molecule has 3 amide bonds. The predicted octanol–water partition coefficient (Wildman–Crippen LogP) is 1.68. The highest BCUT2D eigenvalue weighted by molar-refractivity contribution is 7.89. The van der Waals surface area contributed by atoms with E-state index in [1.165, 1.54) is 37.4 Å². The van der Waals surface area contributed by atoms with E-state index in [0.29, 0.717) is 30.0 Å². The van der Waals surface area contributed by atoms with Gasteiger partial charge in [0, 0.05) is 51.2 Å². The third-order valence-corrected chi connectivity index (χ3v) is 8.14. The molecule has 0 aromatic heterocycles. The van der Waals surface area contributed by atoms with Crippen LogP contribution in [-0.2, 0) is 30.8 Å². The molecule has 0 saturated carbocycles. The van der Waals surface area contributed by atoms with Crippen molar-refractivity contribution in [1.29, 1.82) is 0 Å². The summed E-state index contributed by atoms with van der Waals surface area (Å²) in [6.07, 6.45) is 1.06. The second-order valence-electron chi connectivity index (χ2n) is 9.03. The first-order chi connectivity index (χ1) is 18.0. The van der Waals surface area contributed by atoms with E-state index in [4.69, 9.17) is 9.47 Å². The van der Waals surface area contributed by atoms with Gasteiger partial charge in [0.1, 0.15) is 17.5 Å². The highest BCUT2D eigenvalue weighted by Gasteiger charge is 2.31. The highest BCUT2D eigenvalue weighted by atomic mass is 32.2. The predicted molar refractivity (Wildman–Crippen MR) is 142 cm³/mol. The van der Waals surface area contributed by atoms with Crippen LogP contribution in [0.4, 0.5) is 5.69 Å². The number of carbonyl (C=O) groups is 3. The lowest BCUT2D eigenvalue weighted by Crippen LogP contribution is -2.53. The number of anilines is 1. The summed E-state index contributed by atoms with van der Waals surface area (Å²) in [5.74, 6) is 0.206. The van der Waals surface area contributed by atoms with Crippen molar-refractivity contribution >= 4 is 33.4 Å². The van der Waals surface area contributed by atoms with Gasteiger partial charge in [0.2, 0.25) is 27.7 Å². The topological polar surface area (TPSA) is 143 Å². The molecule has 12 heteroatoms. The normalized spacial score (nSPS) is 15.3. The van der Waals surface area contributed by atoms with Crippen molar-refractivity contribution in [1.82, 2.24) is 14.9 Å². The average Bonchev–Trinajstić information content (AvgIpc) is 2.88. The minimum absolute atomic E-state index is 0.133. The maximum Gasteiger partial charge on any atom is 0.243 e. The number of piperidine rings is 1. The lowest BCUT2D eigenvalue weighted by molar-refractivity contribution is -0.128. The summed E-state index contributed by atoms with van der Waals surface area (Å²) < 4.78 is 38.2. The molecular formula is C26H34N4O7S. The number of nitrogens with one attached hydrogen (secondary N) is 3. The van der Waals surface area contributed by atoms with Gasteiger partial charge >= 0.3 is 0 Å². The number of nitrogens with zero attached hydrogens (tertiary/aromatic N) is 1. The number of carbonyl (C=O) groups excluding carboxylic acids is 3. The molecule has 1 fully saturated rings. The maximum absolute atomic E-state index is 13.1. The second-order valence-corrected chi connectivity index (χ2v) is 11.0. The molecule has 1 saturated heterocycles. The lowest BCUT2D eigenvalue weighted by Gasteiger charge is -2.32. The Morgan fingerprint density at radius 2 is 1.63 bits per heavy atom. The molecule has 1 heterocycles. The Bertz CT molecular complexity index is 1260. The Labute approximate surface area is 222 Å². The summed E-state index contributed by atoms with van der Waals surface area (Å²) in [6, 6.07) is 10.2. The van der Waals surface area contributed by atoms with E-state index in [-0.39, 0.29) is 48.2 Å². The lowest BCUT2D eigenvalue weighted by atomic mass is 10.0. The first kappa shape index (κ1) is 28.9. The van der Waals surface area contributed by atoms with Crippen molar-refractivity contribution in [3.63, 3.8) is 0 Å². The first-order valence-electron chi connectivity index (χ1n) is 12.2. The van der Waals surface area contributed by atoms with Crippen LogP contribution in [0.2, 0.25) is 0 Å². The Morgan fingerprint density at radius 1 is 0.974 bits per heavy atom. The van der Waals surface area contributed by atoms with E-state index in [0.717, 1.165) is 5.56 Å². The summed E-state index contributed by atoms with van der Waals surface area (Å²) in [4.78, 5) is 36.3. The molecular weight excluding hydrogens is 512 g/mol. The Balaban J connectivity index is 1.62. The summed E-state index contributed by atoms with van der Waals surface area (Å²) >= 11 is 0. The van der Waals surface area contributed by atoms with Gasteiger partial charge in [-0.25, -0.2) is 8.42 Å². The summed E-state index contributed by atoms with van der Waals surface area (Å²) in [7, 11) is -0.656. The minimum atomic E-state index is -3.72. The number of sulfonamides is 1. The fraction of sp³-hybridized carbons (Fsp3) is 0.423. The van der Waals surface area contributed by atoms with Gasteiger partial charge in [0.25, 0.3) is 0 Å². The number of hydrogen-bond donors (Lipinski definition) is 3.